The third-order valence-corrected chi connectivity index (χ3v) is 4.89. The van der Waals surface area contributed by atoms with Gasteiger partial charge in [-0.1, -0.05) is 48.5 Å². The van der Waals surface area contributed by atoms with Crippen molar-refractivity contribution in [2.24, 2.45) is 0 Å². The highest BCUT2D eigenvalue weighted by molar-refractivity contribution is 6.15. The lowest BCUT2D eigenvalue weighted by Crippen LogP contribution is -1.88. The first-order valence-corrected chi connectivity index (χ1v) is 7.71. The molecule has 22 heavy (non-hydrogen) atoms. The number of fused-ring (bicyclic) bond motifs is 7. The summed E-state index contributed by atoms with van der Waals surface area (Å²) in [4.78, 5) is 4.72. The average molecular weight is 281 g/mol. The minimum atomic E-state index is 1.00. The summed E-state index contributed by atoms with van der Waals surface area (Å²) >= 11 is 0. The fourth-order valence-corrected chi connectivity index (χ4v) is 3.78. The second-order valence-corrected chi connectivity index (χ2v) is 6.12. The first kappa shape index (κ1) is 11.9. The van der Waals surface area contributed by atoms with Crippen LogP contribution in [0.1, 0.15) is 16.7 Å². The van der Waals surface area contributed by atoms with Gasteiger partial charge in [0.1, 0.15) is 0 Å². The Bertz CT molecular complexity index is 1060. The molecule has 0 atom stereocenters. The molecule has 1 aliphatic carbocycles. The first-order valence-electron chi connectivity index (χ1n) is 7.71. The molecule has 4 aromatic rings. The Hall–Kier alpha value is -2.67. The maximum atomic E-state index is 4.72. The summed E-state index contributed by atoms with van der Waals surface area (Å²) in [5, 5.41) is 5.28. The zero-order valence-electron chi connectivity index (χ0n) is 12.4. The Morgan fingerprint density at radius 3 is 2.64 bits per heavy atom. The quantitative estimate of drug-likeness (QED) is 0.352. The Labute approximate surface area is 129 Å². The number of hydrogen-bond acceptors (Lipinski definition) is 1. The van der Waals surface area contributed by atoms with Crippen molar-refractivity contribution in [1.29, 1.82) is 0 Å². The summed E-state index contributed by atoms with van der Waals surface area (Å²) in [5.74, 6) is 0. The molecule has 1 aliphatic rings. The summed E-state index contributed by atoms with van der Waals surface area (Å²) in [6.07, 6.45) is 2.94. The number of benzene rings is 3. The molecule has 0 N–H and O–H groups in total. The average Bonchev–Trinajstić information content (AvgIpc) is 2.95. The Morgan fingerprint density at radius 1 is 0.864 bits per heavy atom. The van der Waals surface area contributed by atoms with E-state index >= 15 is 0 Å². The Morgan fingerprint density at radius 2 is 1.68 bits per heavy atom. The van der Waals surface area contributed by atoms with Crippen molar-refractivity contribution in [1.82, 2.24) is 4.98 Å². The summed E-state index contributed by atoms with van der Waals surface area (Å²) < 4.78 is 0. The van der Waals surface area contributed by atoms with Gasteiger partial charge in [-0.3, -0.25) is 4.98 Å². The monoisotopic (exact) mass is 281 g/mol. The standard InChI is InChI=1S/C21H15N/c1-13-10-11-22-21-18(13)12-16-9-8-15-7-6-14-4-2-3-5-17(14)19(15)20(16)21/h2-11H,12H2,1H3. The Kier molecular flexibility index (Phi) is 2.26. The molecule has 1 heteroatoms. The van der Waals surface area contributed by atoms with E-state index in [-0.39, 0.29) is 0 Å². The van der Waals surface area contributed by atoms with Crippen molar-refractivity contribution in [3.05, 3.63) is 77.5 Å². The summed E-state index contributed by atoms with van der Waals surface area (Å²) in [7, 11) is 0. The minimum Gasteiger partial charge on any atom is -0.256 e. The molecular formula is C21H15N. The van der Waals surface area contributed by atoms with E-state index in [9.17, 15) is 0 Å². The molecular weight excluding hydrogens is 266 g/mol. The number of pyridine rings is 1. The van der Waals surface area contributed by atoms with Crippen LogP contribution in [0.15, 0.2) is 60.8 Å². The molecule has 1 nitrogen and oxygen atoms in total. The lowest BCUT2D eigenvalue weighted by molar-refractivity contribution is 1.18. The number of nitrogens with zero attached hydrogens (tertiary/aromatic N) is 1. The SMILES string of the molecule is Cc1ccnc2c1Cc1ccc3ccc4ccccc4c3c1-2. The highest BCUT2D eigenvalue weighted by atomic mass is 14.7. The van der Waals surface area contributed by atoms with Gasteiger partial charge in [-0.25, -0.2) is 0 Å². The van der Waals surface area contributed by atoms with Gasteiger partial charge >= 0.3 is 0 Å². The molecule has 0 fully saturated rings. The summed E-state index contributed by atoms with van der Waals surface area (Å²) in [6, 6.07) is 19.7. The molecule has 104 valence electrons. The molecule has 1 heterocycles. The van der Waals surface area contributed by atoms with Crippen LogP contribution >= 0.6 is 0 Å². The first-order chi connectivity index (χ1) is 10.8. The molecule has 0 bridgehead atoms. The fraction of sp³-hybridized carbons (Fsp3) is 0.0952. The molecule has 3 aromatic carbocycles. The third-order valence-electron chi connectivity index (χ3n) is 4.89. The van der Waals surface area contributed by atoms with Crippen LogP contribution in [0.3, 0.4) is 0 Å². The molecule has 0 unspecified atom stereocenters. The van der Waals surface area contributed by atoms with E-state index in [0.29, 0.717) is 0 Å². The smallest absolute Gasteiger partial charge is 0.0749 e. The molecule has 5 rings (SSSR count). The van der Waals surface area contributed by atoms with Crippen molar-refractivity contribution < 1.29 is 0 Å². The molecule has 0 radical (unpaired) electrons. The van der Waals surface area contributed by atoms with Crippen molar-refractivity contribution in [3.63, 3.8) is 0 Å². The van der Waals surface area contributed by atoms with Gasteiger partial charge < -0.3 is 0 Å². The van der Waals surface area contributed by atoms with Gasteiger partial charge in [0.2, 0.25) is 0 Å². The molecule has 0 saturated carbocycles. The fourth-order valence-electron chi connectivity index (χ4n) is 3.78. The van der Waals surface area contributed by atoms with E-state index in [1.54, 1.807) is 0 Å². The predicted molar refractivity (Wildman–Crippen MR) is 92.2 cm³/mol. The van der Waals surface area contributed by atoms with Crippen LogP contribution in [0.4, 0.5) is 0 Å². The second-order valence-electron chi connectivity index (χ2n) is 6.12. The van der Waals surface area contributed by atoms with E-state index in [1.165, 1.54) is 49.5 Å². The van der Waals surface area contributed by atoms with E-state index in [1.807, 2.05) is 6.20 Å². The topological polar surface area (TPSA) is 12.9 Å². The molecule has 0 aliphatic heterocycles. The summed E-state index contributed by atoms with van der Waals surface area (Å²) in [5.41, 5.74) is 6.65. The van der Waals surface area contributed by atoms with Crippen LogP contribution in [0.5, 0.6) is 0 Å². The van der Waals surface area contributed by atoms with E-state index < -0.39 is 0 Å². The number of hydrogen-bond donors (Lipinski definition) is 0. The minimum absolute atomic E-state index is 1.00. The van der Waals surface area contributed by atoms with Crippen molar-refractivity contribution >= 4 is 21.5 Å². The highest BCUT2D eigenvalue weighted by Crippen LogP contribution is 2.43. The van der Waals surface area contributed by atoms with Crippen molar-refractivity contribution in [2.75, 3.05) is 0 Å². The van der Waals surface area contributed by atoms with Gasteiger partial charge in [0.05, 0.1) is 5.69 Å². The second kappa shape index (κ2) is 4.17. The third kappa shape index (κ3) is 1.46. The van der Waals surface area contributed by atoms with Crippen LogP contribution in [0, 0.1) is 6.92 Å². The number of aromatic nitrogens is 1. The zero-order chi connectivity index (χ0) is 14.7. The van der Waals surface area contributed by atoms with Gasteiger partial charge in [-0.2, -0.15) is 0 Å². The summed E-state index contributed by atoms with van der Waals surface area (Å²) in [6.45, 7) is 2.19. The van der Waals surface area contributed by atoms with Crippen molar-refractivity contribution in [2.45, 2.75) is 13.3 Å². The highest BCUT2D eigenvalue weighted by Gasteiger charge is 2.24. The molecule has 0 spiro atoms. The predicted octanol–water partition coefficient (Wildman–Crippen LogP) is 5.27. The van der Waals surface area contributed by atoms with Crippen LogP contribution in [-0.2, 0) is 6.42 Å². The lowest BCUT2D eigenvalue weighted by atomic mass is 9.95. The maximum Gasteiger partial charge on any atom is 0.0749 e. The van der Waals surface area contributed by atoms with Crippen molar-refractivity contribution in [3.8, 4) is 11.3 Å². The van der Waals surface area contributed by atoms with Gasteiger partial charge in [0.15, 0.2) is 0 Å². The molecule has 1 aromatic heterocycles. The molecule has 0 saturated heterocycles. The van der Waals surface area contributed by atoms with Crippen LogP contribution in [-0.4, -0.2) is 4.98 Å². The van der Waals surface area contributed by atoms with Gasteiger partial charge in [-0.15, -0.1) is 0 Å². The van der Waals surface area contributed by atoms with E-state index in [0.717, 1.165) is 6.42 Å². The number of aryl methyl sites for hydroxylation is 1. The van der Waals surface area contributed by atoms with Gasteiger partial charge in [0, 0.05) is 18.2 Å². The largest absolute Gasteiger partial charge is 0.256 e. The van der Waals surface area contributed by atoms with E-state index in [4.69, 9.17) is 4.98 Å². The normalized spacial score (nSPS) is 12.6. The maximum absolute atomic E-state index is 4.72. The molecule has 0 amide bonds. The zero-order valence-corrected chi connectivity index (χ0v) is 12.4. The lowest BCUT2D eigenvalue weighted by Gasteiger charge is -2.10. The van der Waals surface area contributed by atoms with Gasteiger partial charge in [0.25, 0.3) is 0 Å². The Balaban J connectivity index is 2.02. The van der Waals surface area contributed by atoms with Crippen LogP contribution in [0.25, 0.3) is 32.8 Å². The number of rotatable bonds is 0. The van der Waals surface area contributed by atoms with Crippen LogP contribution < -0.4 is 0 Å². The van der Waals surface area contributed by atoms with E-state index in [2.05, 4.69) is 61.5 Å². The van der Waals surface area contributed by atoms with Gasteiger partial charge in [-0.05, 0) is 51.2 Å². The van der Waals surface area contributed by atoms with Crippen LogP contribution in [0.2, 0.25) is 0 Å².